The molecule has 0 saturated heterocycles. The number of hydrogen-bond donors (Lipinski definition) is 2. The van der Waals surface area contributed by atoms with E-state index < -0.39 is 10.7 Å². The number of rotatable bonds is 5. The van der Waals surface area contributed by atoms with E-state index in [0.29, 0.717) is 12.1 Å². The molecule has 0 atom stereocenters. The van der Waals surface area contributed by atoms with Gasteiger partial charge in [0.25, 0.3) is 0 Å². The van der Waals surface area contributed by atoms with Gasteiger partial charge in [0.05, 0.1) is 10.6 Å². The Labute approximate surface area is 120 Å². The summed E-state index contributed by atoms with van der Waals surface area (Å²) in [6.45, 7) is 4.11. The van der Waals surface area contributed by atoms with E-state index in [1.807, 2.05) is 6.92 Å². The molecule has 0 aliphatic rings. The Bertz CT molecular complexity index is 657. The average molecular weight is 291 g/mol. The molecular weight excluding hydrogens is 277 g/mol. The fourth-order valence-corrected chi connectivity index (χ4v) is 1.75. The van der Waals surface area contributed by atoms with Crippen LogP contribution in [0.15, 0.2) is 24.4 Å². The van der Waals surface area contributed by atoms with Crippen LogP contribution >= 0.6 is 0 Å². The Morgan fingerprint density at radius 1 is 1.43 bits per heavy atom. The van der Waals surface area contributed by atoms with Crippen molar-refractivity contribution in [3.8, 4) is 0 Å². The molecular formula is C13H14FN5O2. The first-order valence-electron chi connectivity index (χ1n) is 6.30. The molecule has 0 unspecified atom stereocenters. The Morgan fingerprint density at radius 3 is 2.81 bits per heavy atom. The molecule has 1 aromatic carbocycles. The first-order chi connectivity index (χ1) is 10.0. The van der Waals surface area contributed by atoms with Crippen LogP contribution < -0.4 is 10.6 Å². The van der Waals surface area contributed by atoms with Crippen LogP contribution in [-0.2, 0) is 0 Å². The minimum Gasteiger partial charge on any atom is -0.354 e. The molecule has 0 amide bonds. The van der Waals surface area contributed by atoms with Gasteiger partial charge in [-0.15, -0.1) is 0 Å². The van der Waals surface area contributed by atoms with Gasteiger partial charge in [0.2, 0.25) is 11.8 Å². The first-order valence-corrected chi connectivity index (χ1v) is 6.30. The smallest absolute Gasteiger partial charge is 0.329 e. The highest BCUT2D eigenvalue weighted by atomic mass is 19.1. The third-order valence-corrected chi connectivity index (χ3v) is 2.77. The topological polar surface area (TPSA) is 93.0 Å². The van der Waals surface area contributed by atoms with Crippen molar-refractivity contribution in [1.29, 1.82) is 0 Å². The van der Waals surface area contributed by atoms with E-state index in [0.717, 1.165) is 6.20 Å². The molecule has 0 saturated carbocycles. The van der Waals surface area contributed by atoms with Gasteiger partial charge in [-0.05, 0) is 25.5 Å². The second-order valence-electron chi connectivity index (χ2n) is 4.27. The maximum atomic E-state index is 13.8. The lowest BCUT2D eigenvalue weighted by Gasteiger charge is -2.11. The van der Waals surface area contributed by atoms with Crippen LogP contribution in [0.1, 0.15) is 12.5 Å². The number of para-hydroxylation sites is 1. The Hall–Kier alpha value is -2.77. The van der Waals surface area contributed by atoms with Gasteiger partial charge in [-0.1, -0.05) is 12.1 Å². The third kappa shape index (κ3) is 3.22. The van der Waals surface area contributed by atoms with Crippen molar-refractivity contribution in [2.45, 2.75) is 13.8 Å². The van der Waals surface area contributed by atoms with Gasteiger partial charge in [0, 0.05) is 6.54 Å². The second kappa shape index (κ2) is 6.12. The van der Waals surface area contributed by atoms with Gasteiger partial charge < -0.3 is 10.6 Å². The molecule has 1 heterocycles. The van der Waals surface area contributed by atoms with E-state index in [-0.39, 0.29) is 23.1 Å². The molecule has 0 aliphatic heterocycles. The van der Waals surface area contributed by atoms with Gasteiger partial charge in [-0.2, -0.15) is 4.98 Å². The van der Waals surface area contributed by atoms with Gasteiger partial charge in [-0.25, -0.2) is 9.37 Å². The summed E-state index contributed by atoms with van der Waals surface area (Å²) in [6, 6.07) is 4.53. The fraction of sp³-hybridized carbons (Fsp3) is 0.231. The highest BCUT2D eigenvalue weighted by molar-refractivity contribution is 5.68. The van der Waals surface area contributed by atoms with E-state index in [9.17, 15) is 14.5 Å². The summed E-state index contributed by atoms with van der Waals surface area (Å²) in [6.07, 6.45) is 1.09. The van der Waals surface area contributed by atoms with Crippen molar-refractivity contribution in [2.24, 2.45) is 0 Å². The second-order valence-corrected chi connectivity index (χ2v) is 4.27. The average Bonchev–Trinajstić information content (AvgIpc) is 2.43. The third-order valence-electron chi connectivity index (χ3n) is 2.77. The van der Waals surface area contributed by atoms with Crippen LogP contribution in [-0.4, -0.2) is 21.4 Å². The summed E-state index contributed by atoms with van der Waals surface area (Å²) in [4.78, 5) is 18.3. The van der Waals surface area contributed by atoms with Crippen molar-refractivity contribution < 1.29 is 9.31 Å². The summed E-state index contributed by atoms with van der Waals surface area (Å²) in [5.74, 6) is -0.327. The zero-order valence-corrected chi connectivity index (χ0v) is 11.6. The normalized spacial score (nSPS) is 10.2. The summed E-state index contributed by atoms with van der Waals surface area (Å²) in [5.41, 5.74) is 0.453. The standard InChI is InChI=1S/C13H14FN5O2/c1-3-15-13-16-7-10(19(20)21)12(18-13)17-11-8(2)5-4-6-9(11)14/h4-7H,3H2,1-2H3,(H2,15,16,17,18). The predicted octanol–water partition coefficient (Wildman–Crippen LogP) is 3.01. The van der Waals surface area contributed by atoms with E-state index in [1.165, 1.54) is 6.07 Å². The summed E-state index contributed by atoms with van der Waals surface area (Å²) in [5, 5.41) is 16.6. The number of nitrogens with one attached hydrogen (secondary N) is 2. The molecule has 2 N–H and O–H groups in total. The number of nitro groups is 1. The van der Waals surface area contributed by atoms with Crippen LogP contribution in [0.2, 0.25) is 0 Å². The van der Waals surface area contributed by atoms with E-state index in [4.69, 9.17) is 0 Å². The molecule has 8 heteroatoms. The molecule has 1 aromatic heterocycles. The summed E-state index contributed by atoms with van der Waals surface area (Å²) in [7, 11) is 0. The van der Waals surface area contributed by atoms with Gasteiger partial charge in [0.1, 0.15) is 12.0 Å². The monoisotopic (exact) mass is 291 g/mol. The lowest BCUT2D eigenvalue weighted by atomic mass is 10.2. The van der Waals surface area contributed by atoms with Crippen LogP contribution in [0.5, 0.6) is 0 Å². The Kier molecular flexibility index (Phi) is 4.27. The molecule has 0 spiro atoms. The number of nitrogens with zero attached hydrogens (tertiary/aromatic N) is 3. The van der Waals surface area contributed by atoms with Crippen LogP contribution in [0, 0.1) is 22.9 Å². The Morgan fingerprint density at radius 2 is 2.19 bits per heavy atom. The maximum Gasteiger partial charge on any atom is 0.329 e. The van der Waals surface area contributed by atoms with Crippen LogP contribution in [0.25, 0.3) is 0 Å². The quantitative estimate of drug-likeness (QED) is 0.649. The number of benzene rings is 1. The van der Waals surface area contributed by atoms with E-state index in [2.05, 4.69) is 20.6 Å². The highest BCUT2D eigenvalue weighted by Crippen LogP contribution is 2.28. The first kappa shape index (κ1) is 14.6. The number of anilines is 3. The SMILES string of the molecule is CCNc1ncc([N+](=O)[O-])c(Nc2c(C)cccc2F)n1. The van der Waals surface area contributed by atoms with Crippen LogP contribution in [0.4, 0.5) is 27.5 Å². The zero-order chi connectivity index (χ0) is 15.4. The Balaban J connectivity index is 2.46. The van der Waals surface area contributed by atoms with E-state index in [1.54, 1.807) is 19.1 Å². The number of halogens is 1. The van der Waals surface area contributed by atoms with Crippen molar-refractivity contribution in [3.05, 3.63) is 45.9 Å². The molecule has 0 fully saturated rings. The van der Waals surface area contributed by atoms with Crippen molar-refractivity contribution in [3.63, 3.8) is 0 Å². The highest BCUT2D eigenvalue weighted by Gasteiger charge is 2.19. The van der Waals surface area contributed by atoms with Gasteiger partial charge in [0.15, 0.2) is 0 Å². The molecule has 2 rings (SSSR count). The van der Waals surface area contributed by atoms with Crippen molar-refractivity contribution >= 4 is 23.1 Å². The molecule has 110 valence electrons. The van der Waals surface area contributed by atoms with Crippen LogP contribution in [0.3, 0.4) is 0 Å². The fourth-order valence-electron chi connectivity index (χ4n) is 1.75. The molecule has 0 bridgehead atoms. The largest absolute Gasteiger partial charge is 0.354 e. The molecule has 0 aliphatic carbocycles. The minimum atomic E-state index is -0.617. The lowest BCUT2D eigenvalue weighted by Crippen LogP contribution is -2.07. The van der Waals surface area contributed by atoms with Crippen molar-refractivity contribution in [2.75, 3.05) is 17.2 Å². The molecule has 0 radical (unpaired) electrons. The zero-order valence-electron chi connectivity index (χ0n) is 11.6. The van der Waals surface area contributed by atoms with Gasteiger partial charge in [-0.3, -0.25) is 10.1 Å². The summed E-state index contributed by atoms with van der Waals surface area (Å²) < 4.78 is 13.8. The lowest BCUT2D eigenvalue weighted by molar-refractivity contribution is -0.384. The molecule has 21 heavy (non-hydrogen) atoms. The summed E-state index contributed by atoms with van der Waals surface area (Å²) >= 11 is 0. The molecule has 7 nitrogen and oxygen atoms in total. The number of aryl methyl sites for hydroxylation is 1. The predicted molar refractivity (Wildman–Crippen MR) is 77.3 cm³/mol. The number of aromatic nitrogens is 2. The van der Waals surface area contributed by atoms with Gasteiger partial charge >= 0.3 is 5.69 Å². The maximum absolute atomic E-state index is 13.8. The van der Waals surface area contributed by atoms with Crippen molar-refractivity contribution in [1.82, 2.24) is 9.97 Å². The molecule has 2 aromatic rings. The number of hydrogen-bond acceptors (Lipinski definition) is 6. The van der Waals surface area contributed by atoms with E-state index >= 15 is 0 Å². The minimum absolute atomic E-state index is 0.0563.